The van der Waals surface area contributed by atoms with Crippen molar-refractivity contribution in [1.29, 1.82) is 0 Å². The quantitative estimate of drug-likeness (QED) is 0.426. The Bertz CT molecular complexity index is 106. The van der Waals surface area contributed by atoms with E-state index in [9.17, 15) is 0 Å². The molecule has 2 saturated heterocycles. The first kappa shape index (κ1) is 5.69. The van der Waals surface area contributed by atoms with Crippen LogP contribution in [0.5, 0.6) is 0 Å². The third kappa shape index (κ3) is 0.700. The van der Waals surface area contributed by atoms with Crippen LogP contribution in [0.15, 0.2) is 0 Å². The highest BCUT2D eigenvalue weighted by Gasteiger charge is 2.35. The molecule has 0 aromatic heterocycles. The third-order valence-electron chi connectivity index (χ3n) is 2.63. The zero-order valence-corrected chi connectivity index (χ0v) is 5.88. The molecule has 2 heteroatoms. The van der Waals surface area contributed by atoms with Crippen molar-refractivity contribution in [2.45, 2.75) is 18.5 Å². The van der Waals surface area contributed by atoms with Crippen molar-refractivity contribution >= 4 is 0 Å². The van der Waals surface area contributed by atoms with E-state index in [4.69, 9.17) is 0 Å². The van der Waals surface area contributed by atoms with Crippen LogP contribution >= 0.6 is 0 Å². The number of likely N-dealkylation sites (tertiary alicyclic amines) is 2. The van der Waals surface area contributed by atoms with Crippen molar-refractivity contribution in [1.82, 2.24) is 9.80 Å². The zero-order chi connectivity index (χ0) is 6.43. The fourth-order valence-electron chi connectivity index (χ4n) is 1.95. The zero-order valence-electron chi connectivity index (χ0n) is 5.88. The van der Waals surface area contributed by atoms with Crippen molar-refractivity contribution in [2.24, 2.45) is 0 Å². The van der Waals surface area contributed by atoms with E-state index < -0.39 is 0 Å². The SMILES string of the molecule is [CH2-]N1CC2CC1CN2C. The van der Waals surface area contributed by atoms with Crippen molar-refractivity contribution in [2.75, 3.05) is 20.1 Å². The van der Waals surface area contributed by atoms with Gasteiger partial charge in [0.2, 0.25) is 0 Å². The van der Waals surface area contributed by atoms with Gasteiger partial charge in [-0.2, -0.15) is 0 Å². The smallest absolute Gasteiger partial charge is 0.0211 e. The summed E-state index contributed by atoms with van der Waals surface area (Å²) in [6.45, 7) is 2.41. The van der Waals surface area contributed by atoms with Crippen LogP contribution in [0.3, 0.4) is 0 Å². The highest BCUT2D eigenvalue weighted by Crippen LogP contribution is 2.27. The van der Waals surface area contributed by atoms with Crippen LogP contribution in [0, 0.1) is 7.05 Å². The predicted octanol–water partition coefficient (Wildman–Crippen LogP) is 0.166. The lowest BCUT2D eigenvalue weighted by Gasteiger charge is -2.34. The van der Waals surface area contributed by atoms with E-state index in [1.54, 1.807) is 0 Å². The van der Waals surface area contributed by atoms with E-state index in [1.165, 1.54) is 19.5 Å². The van der Waals surface area contributed by atoms with Crippen LogP contribution in [0.25, 0.3) is 0 Å². The van der Waals surface area contributed by atoms with Crippen LogP contribution in [-0.4, -0.2) is 42.0 Å². The molecule has 52 valence electrons. The van der Waals surface area contributed by atoms with Crippen molar-refractivity contribution < 1.29 is 0 Å². The molecule has 2 bridgehead atoms. The molecular weight excluding hydrogens is 112 g/mol. The van der Waals surface area contributed by atoms with Crippen LogP contribution in [0.4, 0.5) is 0 Å². The summed E-state index contributed by atoms with van der Waals surface area (Å²) in [5.74, 6) is 0. The summed E-state index contributed by atoms with van der Waals surface area (Å²) in [5, 5.41) is 0. The Kier molecular flexibility index (Phi) is 1.08. The largest absolute Gasteiger partial charge is 0.454 e. The molecule has 2 aliphatic rings. The average molecular weight is 125 g/mol. The van der Waals surface area contributed by atoms with Crippen molar-refractivity contribution in [3.8, 4) is 0 Å². The third-order valence-corrected chi connectivity index (χ3v) is 2.63. The van der Waals surface area contributed by atoms with E-state index in [0.717, 1.165) is 12.1 Å². The van der Waals surface area contributed by atoms with Crippen LogP contribution in [0.2, 0.25) is 0 Å². The Hall–Kier alpha value is -0.0800. The topological polar surface area (TPSA) is 6.48 Å². The van der Waals surface area contributed by atoms with E-state index in [-0.39, 0.29) is 0 Å². The minimum Gasteiger partial charge on any atom is -0.454 e. The van der Waals surface area contributed by atoms with Crippen molar-refractivity contribution in [3.05, 3.63) is 7.05 Å². The molecule has 2 fully saturated rings. The van der Waals surface area contributed by atoms with E-state index in [2.05, 4.69) is 23.9 Å². The second-order valence-corrected chi connectivity index (χ2v) is 3.25. The summed E-state index contributed by atoms with van der Waals surface area (Å²) in [5.41, 5.74) is 0. The monoisotopic (exact) mass is 125 g/mol. The van der Waals surface area contributed by atoms with Crippen LogP contribution < -0.4 is 0 Å². The molecule has 0 amide bonds. The summed E-state index contributed by atoms with van der Waals surface area (Å²) in [4.78, 5) is 4.66. The highest BCUT2D eigenvalue weighted by atomic mass is 15.3. The fourth-order valence-corrected chi connectivity index (χ4v) is 1.95. The molecule has 0 saturated carbocycles. The molecule has 9 heavy (non-hydrogen) atoms. The molecule has 0 aromatic carbocycles. The number of fused-ring (bicyclic) bond motifs is 2. The van der Waals surface area contributed by atoms with Crippen LogP contribution in [0.1, 0.15) is 6.42 Å². The number of hydrogen-bond acceptors (Lipinski definition) is 2. The van der Waals surface area contributed by atoms with E-state index in [0.29, 0.717) is 0 Å². The fraction of sp³-hybridized carbons (Fsp3) is 0.857. The number of likely N-dealkylation sites (N-methyl/N-ethyl adjacent to an activating group) is 1. The first-order valence-electron chi connectivity index (χ1n) is 3.55. The lowest BCUT2D eigenvalue weighted by atomic mass is 10.2. The van der Waals surface area contributed by atoms with Gasteiger partial charge in [-0.05, 0) is 26.1 Å². The van der Waals surface area contributed by atoms with Crippen molar-refractivity contribution in [3.63, 3.8) is 0 Å². The summed E-state index contributed by atoms with van der Waals surface area (Å²) < 4.78 is 0. The Morgan fingerprint density at radius 2 is 2.11 bits per heavy atom. The van der Waals surface area contributed by atoms with Gasteiger partial charge in [-0.3, -0.25) is 7.05 Å². The molecule has 2 unspecified atom stereocenters. The molecule has 2 heterocycles. The maximum atomic E-state index is 3.96. The van der Waals surface area contributed by atoms with E-state index >= 15 is 0 Å². The standard InChI is InChI=1S/C7H13N2/c1-8-4-7-3-6(8)5-9(7)2/h6-7H,1,3-5H2,2H3/q-1. The minimum absolute atomic E-state index is 0.764. The maximum absolute atomic E-state index is 3.96. The molecule has 0 radical (unpaired) electrons. The molecule has 2 atom stereocenters. The first-order chi connectivity index (χ1) is 4.27. The average Bonchev–Trinajstić information content (AvgIpc) is 2.24. The van der Waals surface area contributed by atoms with Gasteiger partial charge in [0.15, 0.2) is 0 Å². The Morgan fingerprint density at radius 3 is 2.44 bits per heavy atom. The highest BCUT2D eigenvalue weighted by molar-refractivity contribution is 4.97. The summed E-state index contributed by atoms with van der Waals surface area (Å²) >= 11 is 0. The molecule has 2 nitrogen and oxygen atoms in total. The maximum Gasteiger partial charge on any atom is 0.0211 e. The van der Waals surface area contributed by atoms with Gasteiger partial charge in [0.05, 0.1) is 0 Å². The summed E-state index contributed by atoms with van der Waals surface area (Å²) in [7, 11) is 6.17. The van der Waals surface area contributed by atoms with Gasteiger partial charge < -0.3 is 9.80 Å². The van der Waals surface area contributed by atoms with Gasteiger partial charge in [0, 0.05) is 12.6 Å². The van der Waals surface area contributed by atoms with Gasteiger partial charge in [-0.25, -0.2) is 0 Å². The minimum atomic E-state index is 0.764. The van der Waals surface area contributed by atoms with Gasteiger partial charge in [-0.1, -0.05) is 0 Å². The summed E-state index contributed by atoms with van der Waals surface area (Å²) in [6.07, 6.45) is 1.35. The second kappa shape index (κ2) is 1.70. The van der Waals surface area contributed by atoms with E-state index in [1.807, 2.05) is 0 Å². The lowest BCUT2D eigenvalue weighted by molar-refractivity contribution is 0.191. The second-order valence-electron chi connectivity index (χ2n) is 3.25. The Labute approximate surface area is 56.4 Å². The number of piperazine rings is 1. The van der Waals surface area contributed by atoms with Gasteiger partial charge >= 0.3 is 0 Å². The Morgan fingerprint density at radius 1 is 1.33 bits per heavy atom. The molecular formula is C7H13N2-. The predicted molar refractivity (Wildman–Crippen MR) is 36.9 cm³/mol. The normalized spacial score (nSPS) is 44.7. The van der Waals surface area contributed by atoms with Gasteiger partial charge in [0.25, 0.3) is 0 Å². The number of nitrogens with zero attached hydrogens (tertiary/aromatic N) is 2. The molecule has 0 aliphatic carbocycles. The molecule has 0 N–H and O–H groups in total. The van der Waals surface area contributed by atoms with Crippen LogP contribution in [-0.2, 0) is 0 Å². The van der Waals surface area contributed by atoms with Gasteiger partial charge in [0.1, 0.15) is 0 Å². The molecule has 2 aliphatic heterocycles. The Balaban J connectivity index is 2.10. The molecule has 0 aromatic rings. The molecule has 2 rings (SSSR count). The molecule has 0 spiro atoms. The number of hydrogen-bond donors (Lipinski definition) is 0. The lowest BCUT2D eigenvalue weighted by Crippen LogP contribution is -2.41. The first-order valence-corrected chi connectivity index (χ1v) is 3.55. The summed E-state index contributed by atoms with van der Waals surface area (Å²) in [6, 6.07) is 1.58. The number of rotatable bonds is 0. The van der Waals surface area contributed by atoms with Gasteiger partial charge in [-0.15, -0.1) is 0 Å².